The second kappa shape index (κ2) is 25.5. The summed E-state index contributed by atoms with van der Waals surface area (Å²) in [6, 6.07) is 3.64. The van der Waals surface area contributed by atoms with Crippen LogP contribution in [0.1, 0.15) is 121 Å². The molecule has 2 fully saturated rings. The number of anilines is 1. The Labute approximate surface area is 476 Å². The minimum Gasteiger partial charge on any atom is -0.507 e. The van der Waals surface area contributed by atoms with Crippen molar-refractivity contribution < 1.29 is 76.8 Å². The van der Waals surface area contributed by atoms with Gasteiger partial charge in [0.05, 0.1) is 47.5 Å². The minimum absolute atomic E-state index is 0.00299. The van der Waals surface area contributed by atoms with Gasteiger partial charge in [-0.3, -0.25) is 29.2 Å². The van der Waals surface area contributed by atoms with Crippen molar-refractivity contribution in [2.24, 2.45) is 45.5 Å². The molecular formula is C61H80F3N5O13. The fourth-order valence-corrected chi connectivity index (χ4v) is 11.9. The molecule has 82 heavy (non-hydrogen) atoms. The number of halogens is 3. The van der Waals surface area contributed by atoms with Crippen molar-refractivity contribution in [3.05, 3.63) is 87.3 Å². The molecule has 3 aromatic carbocycles. The SMILES string of the molecule is CO.COc1cc(CC2CCN(C(=O)CC(=O)OC3[C@H](C)C(O)[C@H](C)[C@@H](O)C(C)/C=C/C=C(/C)C(=O)Nc4c(O)c5c(O)c(C)c6c(c5c5c4=NC4(CCN(CC(C)C)CC4)N=5)C(=O)C(C)(O/C=C/C[C@H]3C)O6)CC2)cc(C(F)(F)F)c1. The number of Topliss-reactive ketones (excluding diaryl/α,β-unsaturated/α-hetero) is 1. The molecule has 2 saturated heterocycles. The number of hydrogen-bond acceptors (Lipinski definition) is 16. The lowest BCUT2D eigenvalue weighted by Crippen LogP contribution is -2.45. The number of rotatable bonds is 8. The molecule has 5 bridgehead atoms. The van der Waals surface area contributed by atoms with E-state index in [2.05, 4.69) is 24.1 Å². The van der Waals surface area contributed by atoms with Gasteiger partial charge in [-0.25, -0.2) is 0 Å². The number of nitrogens with zero attached hydrogens (tertiary/aromatic N) is 4. The molecule has 448 valence electrons. The summed E-state index contributed by atoms with van der Waals surface area (Å²) in [5, 5.41) is 57.8. The molecule has 0 aromatic heterocycles. The summed E-state index contributed by atoms with van der Waals surface area (Å²) in [6.45, 7) is 18.5. The van der Waals surface area contributed by atoms with E-state index in [-0.39, 0.29) is 80.8 Å². The monoisotopic (exact) mass is 1150 g/mol. The van der Waals surface area contributed by atoms with Gasteiger partial charge < -0.3 is 59.6 Å². The van der Waals surface area contributed by atoms with Crippen molar-refractivity contribution in [1.29, 1.82) is 0 Å². The number of esters is 1. The Morgan fingerprint density at radius 3 is 2.21 bits per heavy atom. The molecule has 8 atom stereocenters. The largest absolute Gasteiger partial charge is 0.507 e. The highest BCUT2D eigenvalue weighted by Crippen LogP contribution is 2.50. The van der Waals surface area contributed by atoms with Gasteiger partial charge in [0.25, 0.3) is 11.7 Å². The lowest BCUT2D eigenvalue weighted by atomic mass is 9.79. The molecule has 0 radical (unpaired) electrons. The zero-order valence-corrected chi connectivity index (χ0v) is 48.7. The Morgan fingerprint density at radius 1 is 0.915 bits per heavy atom. The molecule has 2 amide bonds. The lowest BCUT2D eigenvalue weighted by Gasteiger charge is -2.37. The first-order valence-corrected chi connectivity index (χ1v) is 28.2. The van der Waals surface area contributed by atoms with Crippen LogP contribution >= 0.6 is 0 Å². The van der Waals surface area contributed by atoms with Crippen molar-refractivity contribution in [1.82, 2.24) is 9.80 Å². The van der Waals surface area contributed by atoms with Crippen LogP contribution in [0.25, 0.3) is 10.8 Å². The highest BCUT2D eigenvalue weighted by Gasteiger charge is 2.50. The summed E-state index contributed by atoms with van der Waals surface area (Å²) >= 11 is 0. The first-order valence-electron chi connectivity index (χ1n) is 28.2. The molecule has 6 aliphatic heterocycles. The number of aliphatic hydroxyl groups is 3. The molecule has 6 N–H and O–H groups in total. The highest BCUT2D eigenvalue weighted by molar-refractivity contribution is 6.19. The van der Waals surface area contributed by atoms with E-state index in [4.69, 9.17) is 34.0 Å². The average Bonchev–Trinajstić information content (AvgIpc) is 3.83. The van der Waals surface area contributed by atoms with Crippen LogP contribution in [0.3, 0.4) is 0 Å². The summed E-state index contributed by atoms with van der Waals surface area (Å²) in [4.78, 5) is 70.6. The normalized spacial score (nSPS) is 27.7. The maximum atomic E-state index is 14.9. The average molecular weight is 1150 g/mol. The molecule has 18 nitrogen and oxygen atoms in total. The van der Waals surface area contributed by atoms with Gasteiger partial charge in [-0.15, -0.1) is 0 Å². The van der Waals surface area contributed by atoms with E-state index >= 15 is 0 Å². The maximum absolute atomic E-state index is 14.9. The fraction of sp³-hybridized carbons (Fsp3) is 0.574. The standard InChI is InChI=1S/C60H76F3N5O12.CH4O/c1-31(2)30-67-22-18-59(19-23-67)65-47-44-45-52(73)37(8)55-46(44)56(75)58(9,80-55)78-24-12-15-33(4)54(36(7)51(72)35(6)50(71)32(3)13-11-14-34(5)57(76)64-49(53(45)74)48(47)66-59)79-43(70)29-42(69)68-20-16-38(17-21-68)25-39-26-40(60(61,62)63)28-41(27-39)77-10;1-2/h11-14,24,26-28,31-33,35-36,38,50-51,54,71-74H,15-23,25,29-30H2,1-10H3,(H,64,76);2H,1H3/b13-11+,24-12+,34-14-;/t32?,33-,35-,36-,50+,51?,54?,58?;/m1./s1. The number of likely N-dealkylation sites (tertiary alicyclic amines) is 2. The highest BCUT2D eigenvalue weighted by atomic mass is 19.4. The number of aliphatic hydroxyl groups excluding tert-OH is 3. The molecule has 0 saturated carbocycles. The number of allylic oxidation sites excluding steroid dienone is 3. The Bertz CT molecular complexity index is 3130. The summed E-state index contributed by atoms with van der Waals surface area (Å²) in [7, 11) is 2.31. The number of carbonyl (C=O) groups excluding carboxylic acids is 4. The van der Waals surface area contributed by atoms with Crippen molar-refractivity contribution in [2.45, 2.75) is 143 Å². The number of ketones is 1. The molecule has 0 aliphatic carbocycles. The molecule has 6 heterocycles. The van der Waals surface area contributed by atoms with E-state index in [9.17, 15) is 52.8 Å². The Hall–Kier alpha value is -6.55. The smallest absolute Gasteiger partial charge is 0.416 e. The van der Waals surface area contributed by atoms with E-state index in [1.807, 2.05) is 0 Å². The third kappa shape index (κ3) is 13.3. The van der Waals surface area contributed by atoms with E-state index in [1.165, 1.54) is 38.2 Å². The molecule has 9 rings (SSSR count). The fourth-order valence-electron chi connectivity index (χ4n) is 11.9. The Balaban J connectivity index is 0.00000479. The van der Waals surface area contributed by atoms with E-state index in [0.717, 1.165) is 25.8 Å². The van der Waals surface area contributed by atoms with Gasteiger partial charge in [-0.1, -0.05) is 59.8 Å². The Kier molecular flexibility index (Phi) is 19.6. The summed E-state index contributed by atoms with van der Waals surface area (Å²) < 4.78 is 64.5. The Morgan fingerprint density at radius 2 is 1.57 bits per heavy atom. The number of aromatic hydroxyl groups is 2. The van der Waals surface area contributed by atoms with E-state index in [1.54, 1.807) is 58.9 Å². The van der Waals surface area contributed by atoms with Gasteiger partial charge in [0.2, 0.25) is 5.91 Å². The van der Waals surface area contributed by atoms with Crippen LogP contribution in [0.2, 0.25) is 0 Å². The van der Waals surface area contributed by atoms with Crippen LogP contribution in [0.4, 0.5) is 18.9 Å². The second-order valence-corrected chi connectivity index (χ2v) is 23.3. The number of carbonyl (C=O) groups is 4. The number of phenolic OH excluding ortho intramolecular Hbond substituents is 2. The van der Waals surface area contributed by atoms with Crippen LogP contribution in [0, 0.1) is 42.4 Å². The number of phenols is 2. The molecule has 6 aliphatic rings. The zero-order chi connectivity index (χ0) is 60.3. The van der Waals surface area contributed by atoms with Crippen molar-refractivity contribution in [3.8, 4) is 23.0 Å². The molecular weight excluding hydrogens is 1070 g/mol. The van der Waals surface area contributed by atoms with Crippen molar-refractivity contribution in [3.63, 3.8) is 0 Å². The summed E-state index contributed by atoms with van der Waals surface area (Å²) in [6.07, 6.45) is 1.63. The third-order valence-corrected chi connectivity index (χ3v) is 16.8. The summed E-state index contributed by atoms with van der Waals surface area (Å²) in [5.41, 5.74) is -1.09. The second-order valence-electron chi connectivity index (χ2n) is 23.3. The van der Waals surface area contributed by atoms with Gasteiger partial charge in [0.15, 0.2) is 11.4 Å². The number of benzene rings is 3. The van der Waals surface area contributed by atoms with Gasteiger partial charge in [0, 0.05) is 93.9 Å². The van der Waals surface area contributed by atoms with Gasteiger partial charge in [-0.05, 0) is 87.1 Å². The van der Waals surface area contributed by atoms with Crippen molar-refractivity contribution >= 4 is 40.0 Å². The van der Waals surface area contributed by atoms with E-state index < -0.39 is 107 Å². The molecule has 21 heteroatoms. The molecule has 3 aromatic rings. The number of nitrogens with one attached hydrogen (secondary N) is 1. The number of amides is 2. The van der Waals surface area contributed by atoms with E-state index in [0.29, 0.717) is 56.7 Å². The van der Waals surface area contributed by atoms with Gasteiger partial charge in [0.1, 0.15) is 40.8 Å². The summed E-state index contributed by atoms with van der Waals surface area (Å²) in [5.74, 6) is -7.72. The maximum Gasteiger partial charge on any atom is 0.416 e. The number of fused-ring (bicyclic) bond motifs is 13. The lowest BCUT2D eigenvalue weighted by molar-refractivity contribution is -0.162. The van der Waals surface area contributed by atoms with Crippen LogP contribution in [-0.4, -0.2) is 136 Å². The van der Waals surface area contributed by atoms with Crippen LogP contribution in [0.5, 0.6) is 23.0 Å². The van der Waals surface area contributed by atoms with Gasteiger partial charge >= 0.3 is 17.9 Å². The van der Waals surface area contributed by atoms with Crippen LogP contribution in [-0.2, 0) is 36.5 Å². The van der Waals surface area contributed by atoms with Crippen LogP contribution < -0.4 is 25.5 Å². The predicted molar refractivity (Wildman–Crippen MR) is 300 cm³/mol. The van der Waals surface area contributed by atoms with Crippen LogP contribution in [0.15, 0.2) is 64.3 Å². The zero-order valence-electron chi connectivity index (χ0n) is 48.7. The number of ether oxygens (including phenoxy) is 4. The number of methoxy groups -OCH3 is 1. The quantitative estimate of drug-likeness (QED) is 0.0722. The first kappa shape index (κ1) is 63.0. The molecule has 4 unspecified atom stereocenters. The first-order chi connectivity index (χ1) is 38.6. The number of alkyl halides is 3. The third-order valence-electron chi connectivity index (χ3n) is 16.8. The number of hydrogen-bond donors (Lipinski definition) is 6. The van der Waals surface area contributed by atoms with Crippen molar-refractivity contribution in [2.75, 3.05) is 52.3 Å². The minimum atomic E-state index is -4.55. The number of piperidine rings is 2. The predicted octanol–water partition coefficient (Wildman–Crippen LogP) is 7.61. The molecule has 1 spiro atoms. The topological polar surface area (TPSA) is 250 Å². The van der Waals surface area contributed by atoms with Gasteiger partial charge in [-0.2, -0.15) is 13.2 Å².